The van der Waals surface area contributed by atoms with E-state index in [1.54, 1.807) is 0 Å². The lowest BCUT2D eigenvalue weighted by molar-refractivity contribution is 0.457. The van der Waals surface area contributed by atoms with E-state index in [4.69, 9.17) is 17.3 Å². The Bertz CT molecular complexity index is 424. The molecule has 0 saturated heterocycles. The fraction of sp³-hybridized carbons (Fsp3) is 0.571. The van der Waals surface area contributed by atoms with Gasteiger partial charge in [-0.25, -0.2) is 0 Å². The average Bonchev–Trinajstić information content (AvgIpc) is 2.61. The largest absolute Gasteiger partial charge is 0.398 e. The molecule has 0 spiro atoms. The third-order valence-corrected chi connectivity index (χ3v) is 4.92. The van der Waals surface area contributed by atoms with Crippen LogP contribution in [0.15, 0.2) is 18.2 Å². The van der Waals surface area contributed by atoms with Gasteiger partial charge in [-0.2, -0.15) is 0 Å². The predicted octanol–water partition coefficient (Wildman–Crippen LogP) is 3.45. The van der Waals surface area contributed by atoms with E-state index in [-0.39, 0.29) is 0 Å². The molecule has 1 fully saturated rings. The molecule has 94 valence electrons. The number of hydrogen-bond acceptors (Lipinski definition) is 2. The molecule has 3 heteroatoms. The van der Waals surface area contributed by atoms with Gasteiger partial charge in [0.05, 0.1) is 10.7 Å². The standard InChI is InChI=1S/C14H21ClN2/c1-13(2)12(14(13,3)4)17-8-9-5-6-11(16)10(15)7-9/h5-7,12,17H,8,16H2,1-4H3. The number of nitrogens with one attached hydrogen (secondary N) is 1. The number of benzene rings is 1. The van der Waals surface area contributed by atoms with Crippen molar-refractivity contribution in [1.29, 1.82) is 0 Å². The fourth-order valence-electron chi connectivity index (χ4n) is 2.61. The van der Waals surface area contributed by atoms with Crippen molar-refractivity contribution < 1.29 is 0 Å². The van der Waals surface area contributed by atoms with E-state index < -0.39 is 0 Å². The van der Waals surface area contributed by atoms with Gasteiger partial charge in [0.15, 0.2) is 0 Å². The molecule has 1 aromatic rings. The highest BCUT2D eigenvalue weighted by Gasteiger charge is 2.64. The molecule has 1 aromatic carbocycles. The van der Waals surface area contributed by atoms with Gasteiger partial charge in [0, 0.05) is 12.6 Å². The van der Waals surface area contributed by atoms with Crippen LogP contribution in [-0.2, 0) is 6.54 Å². The minimum atomic E-state index is 0.366. The smallest absolute Gasteiger partial charge is 0.0638 e. The molecule has 0 aliphatic heterocycles. The van der Waals surface area contributed by atoms with Crippen molar-refractivity contribution in [3.63, 3.8) is 0 Å². The molecular formula is C14H21ClN2. The van der Waals surface area contributed by atoms with Crippen LogP contribution in [0.25, 0.3) is 0 Å². The van der Waals surface area contributed by atoms with Crippen LogP contribution in [0.4, 0.5) is 5.69 Å². The van der Waals surface area contributed by atoms with Crippen LogP contribution in [0.1, 0.15) is 33.3 Å². The summed E-state index contributed by atoms with van der Waals surface area (Å²) < 4.78 is 0. The van der Waals surface area contributed by atoms with E-state index in [1.165, 1.54) is 5.56 Å². The topological polar surface area (TPSA) is 38.0 Å². The molecular weight excluding hydrogens is 232 g/mol. The van der Waals surface area contributed by atoms with Gasteiger partial charge in [0.25, 0.3) is 0 Å². The number of anilines is 1. The maximum atomic E-state index is 6.00. The van der Waals surface area contributed by atoms with E-state index in [2.05, 4.69) is 33.0 Å². The number of nitrogen functional groups attached to an aromatic ring is 1. The van der Waals surface area contributed by atoms with Gasteiger partial charge in [-0.15, -0.1) is 0 Å². The maximum absolute atomic E-state index is 6.00. The fourth-order valence-corrected chi connectivity index (χ4v) is 2.81. The van der Waals surface area contributed by atoms with Gasteiger partial charge in [0.2, 0.25) is 0 Å². The number of hydrogen-bond donors (Lipinski definition) is 2. The van der Waals surface area contributed by atoms with E-state index in [1.807, 2.05) is 18.2 Å². The molecule has 17 heavy (non-hydrogen) atoms. The highest BCUT2D eigenvalue weighted by Crippen LogP contribution is 2.62. The van der Waals surface area contributed by atoms with Crippen molar-refractivity contribution in [2.24, 2.45) is 10.8 Å². The molecule has 1 aliphatic rings. The molecule has 0 heterocycles. The zero-order valence-corrected chi connectivity index (χ0v) is 11.7. The van der Waals surface area contributed by atoms with E-state index in [0.29, 0.717) is 27.6 Å². The zero-order chi connectivity index (χ0) is 12.8. The normalized spacial score (nSPS) is 21.5. The number of halogens is 1. The average molecular weight is 253 g/mol. The van der Waals surface area contributed by atoms with E-state index in [9.17, 15) is 0 Å². The molecule has 0 atom stereocenters. The Morgan fingerprint density at radius 2 is 1.82 bits per heavy atom. The Labute approximate surface area is 109 Å². The van der Waals surface area contributed by atoms with Crippen molar-refractivity contribution >= 4 is 17.3 Å². The lowest BCUT2D eigenvalue weighted by Crippen LogP contribution is -2.21. The minimum Gasteiger partial charge on any atom is -0.398 e. The lowest BCUT2D eigenvalue weighted by Gasteiger charge is -2.08. The molecule has 2 rings (SSSR count). The van der Waals surface area contributed by atoms with Crippen LogP contribution < -0.4 is 11.1 Å². The summed E-state index contributed by atoms with van der Waals surface area (Å²) in [6.07, 6.45) is 0. The quantitative estimate of drug-likeness (QED) is 0.809. The van der Waals surface area contributed by atoms with Gasteiger partial charge in [-0.1, -0.05) is 45.4 Å². The third-order valence-electron chi connectivity index (χ3n) is 4.60. The SMILES string of the molecule is CC1(C)C(NCc2ccc(N)c(Cl)c2)C1(C)C. The van der Waals surface area contributed by atoms with Crippen LogP contribution in [0, 0.1) is 10.8 Å². The Balaban J connectivity index is 1.98. The van der Waals surface area contributed by atoms with Crippen LogP contribution in [0.3, 0.4) is 0 Å². The first kappa shape index (κ1) is 12.7. The molecule has 2 nitrogen and oxygen atoms in total. The second-order valence-corrected chi connectivity index (χ2v) is 6.52. The summed E-state index contributed by atoms with van der Waals surface area (Å²) in [6, 6.07) is 6.39. The molecule has 0 bridgehead atoms. The molecule has 0 amide bonds. The second-order valence-electron chi connectivity index (χ2n) is 6.11. The highest BCUT2D eigenvalue weighted by molar-refractivity contribution is 6.33. The number of nitrogens with two attached hydrogens (primary N) is 1. The molecule has 1 saturated carbocycles. The molecule has 0 radical (unpaired) electrons. The summed E-state index contributed by atoms with van der Waals surface area (Å²) in [7, 11) is 0. The first-order valence-electron chi connectivity index (χ1n) is 6.04. The first-order chi connectivity index (χ1) is 7.76. The Morgan fingerprint density at radius 3 is 2.29 bits per heavy atom. The van der Waals surface area contributed by atoms with Gasteiger partial charge >= 0.3 is 0 Å². The zero-order valence-electron chi connectivity index (χ0n) is 11.0. The summed E-state index contributed by atoms with van der Waals surface area (Å²) in [5.74, 6) is 0. The Hall–Kier alpha value is -0.730. The van der Waals surface area contributed by atoms with Crippen molar-refractivity contribution in [3.8, 4) is 0 Å². The predicted molar refractivity (Wildman–Crippen MR) is 74.1 cm³/mol. The Kier molecular flexibility index (Phi) is 2.91. The summed E-state index contributed by atoms with van der Waals surface area (Å²) >= 11 is 6.00. The number of rotatable bonds is 3. The van der Waals surface area contributed by atoms with Crippen molar-refractivity contribution in [2.75, 3.05) is 5.73 Å². The highest BCUT2D eigenvalue weighted by atomic mass is 35.5. The third kappa shape index (κ3) is 2.04. The van der Waals surface area contributed by atoms with Crippen molar-refractivity contribution in [3.05, 3.63) is 28.8 Å². The van der Waals surface area contributed by atoms with Gasteiger partial charge in [-0.3, -0.25) is 0 Å². The summed E-state index contributed by atoms with van der Waals surface area (Å²) in [5.41, 5.74) is 8.25. The second kappa shape index (κ2) is 3.89. The molecule has 0 unspecified atom stereocenters. The minimum absolute atomic E-state index is 0.366. The van der Waals surface area contributed by atoms with Gasteiger partial charge < -0.3 is 11.1 Å². The lowest BCUT2D eigenvalue weighted by atomic mass is 10.0. The van der Waals surface area contributed by atoms with Crippen LogP contribution >= 0.6 is 11.6 Å². The Morgan fingerprint density at radius 1 is 1.24 bits per heavy atom. The van der Waals surface area contributed by atoms with Crippen LogP contribution in [-0.4, -0.2) is 6.04 Å². The summed E-state index contributed by atoms with van der Waals surface area (Å²) in [6.45, 7) is 10.1. The monoisotopic (exact) mass is 252 g/mol. The van der Waals surface area contributed by atoms with Crippen LogP contribution in [0.5, 0.6) is 0 Å². The summed E-state index contributed by atoms with van der Waals surface area (Å²) in [5, 5.41) is 4.24. The van der Waals surface area contributed by atoms with Gasteiger partial charge in [0.1, 0.15) is 0 Å². The molecule has 3 N–H and O–H groups in total. The van der Waals surface area contributed by atoms with Crippen molar-refractivity contribution in [2.45, 2.75) is 40.3 Å². The van der Waals surface area contributed by atoms with E-state index >= 15 is 0 Å². The maximum Gasteiger partial charge on any atom is 0.0638 e. The molecule has 0 aromatic heterocycles. The van der Waals surface area contributed by atoms with Crippen molar-refractivity contribution in [1.82, 2.24) is 5.32 Å². The summed E-state index contributed by atoms with van der Waals surface area (Å²) in [4.78, 5) is 0. The molecule has 1 aliphatic carbocycles. The van der Waals surface area contributed by atoms with Gasteiger partial charge in [-0.05, 0) is 28.5 Å². The van der Waals surface area contributed by atoms with E-state index in [0.717, 1.165) is 6.54 Å². The van der Waals surface area contributed by atoms with Crippen LogP contribution in [0.2, 0.25) is 5.02 Å². The first-order valence-corrected chi connectivity index (χ1v) is 6.42.